The summed E-state index contributed by atoms with van der Waals surface area (Å²) in [6.07, 6.45) is -0.676. The maximum atomic E-state index is 12.9. The number of Topliss-reactive ketones (excluding diaryl/α,β-unsaturated/α-hetero) is 1. The molecule has 2 atom stereocenters. The summed E-state index contributed by atoms with van der Waals surface area (Å²) in [5.74, 6) is -1.08. The third-order valence-electron chi connectivity index (χ3n) is 3.81. The van der Waals surface area contributed by atoms with Gasteiger partial charge in [-0.1, -0.05) is 51.8 Å². The Morgan fingerprint density at radius 1 is 1.17 bits per heavy atom. The number of ether oxygens (including phenoxy) is 2. The molecule has 1 aliphatic heterocycles. The number of hydrogen-bond acceptors (Lipinski definition) is 4. The second-order valence-corrected chi connectivity index (χ2v) is 6.69. The van der Waals surface area contributed by atoms with E-state index in [1.165, 1.54) is 0 Å². The summed E-state index contributed by atoms with van der Waals surface area (Å²) in [6.45, 7) is 1.86. The summed E-state index contributed by atoms with van der Waals surface area (Å²) in [6, 6.07) is 13.6. The average molecular weight is 410 g/mol. The second kappa shape index (κ2) is 6.67. The van der Waals surface area contributed by atoms with Crippen molar-refractivity contribution in [1.82, 2.24) is 0 Å². The van der Waals surface area contributed by atoms with E-state index in [9.17, 15) is 9.59 Å². The summed E-state index contributed by atoms with van der Waals surface area (Å²) in [7, 11) is 0. The first kappa shape index (κ1) is 17.1. The Hall–Kier alpha value is -1.69. The lowest BCUT2D eigenvalue weighted by molar-refractivity contribution is -0.147. The lowest BCUT2D eigenvalue weighted by Crippen LogP contribution is -2.36. The Bertz CT molecular complexity index is 773. The number of hydrogen-bond donors (Lipinski definition) is 0. The molecule has 0 amide bonds. The summed E-state index contributed by atoms with van der Waals surface area (Å²) >= 11 is 9.21. The lowest BCUT2D eigenvalue weighted by Gasteiger charge is -2.11. The number of carbonyl (C=O) groups is 2. The van der Waals surface area contributed by atoms with Gasteiger partial charge < -0.3 is 9.47 Å². The zero-order chi connectivity index (χ0) is 17.3. The molecule has 24 heavy (non-hydrogen) atoms. The van der Waals surface area contributed by atoms with E-state index in [1.54, 1.807) is 55.5 Å². The highest BCUT2D eigenvalue weighted by Crippen LogP contribution is 2.52. The van der Waals surface area contributed by atoms with Gasteiger partial charge in [-0.25, -0.2) is 4.79 Å². The van der Waals surface area contributed by atoms with Crippen LogP contribution in [0.15, 0.2) is 53.0 Å². The van der Waals surface area contributed by atoms with Gasteiger partial charge >= 0.3 is 5.97 Å². The van der Waals surface area contributed by atoms with Crippen LogP contribution in [0.4, 0.5) is 0 Å². The van der Waals surface area contributed by atoms with Gasteiger partial charge in [0.05, 0.1) is 6.61 Å². The van der Waals surface area contributed by atoms with E-state index in [0.29, 0.717) is 16.1 Å². The van der Waals surface area contributed by atoms with Gasteiger partial charge in [-0.15, -0.1) is 0 Å². The van der Waals surface area contributed by atoms with Crippen LogP contribution in [0.1, 0.15) is 28.9 Å². The molecular formula is C18H14BrClO4. The largest absolute Gasteiger partial charge is 0.463 e. The number of halogens is 2. The molecule has 0 aliphatic carbocycles. The first-order chi connectivity index (χ1) is 11.5. The summed E-state index contributed by atoms with van der Waals surface area (Å²) < 4.78 is 11.5. The number of ketones is 1. The molecule has 2 unspecified atom stereocenters. The van der Waals surface area contributed by atoms with E-state index in [-0.39, 0.29) is 6.61 Å². The van der Waals surface area contributed by atoms with E-state index in [1.807, 2.05) is 0 Å². The Morgan fingerprint density at radius 2 is 1.79 bits per heavy atom. The Balaban J connectivity index is 1.96. The topological polar surface area (TPSA) is 55.9 Å². The monoisotopic (exact) mass is 408 g/mol. The Kier molecular flexibility index (Phi) is 4.76. The van der Waals surface area contributed by atoms with E-state index in [0.717, 1.165) is 4.47 Å². The third-order valence-corrected chi connectivity index (χ3v) is 4.59. The van der Waals surface area contributed by atoms with Crippen LogP contribution in [0, 0.1) is 0 Å². The highest BCUT2D eigenvalue weighted by Gasteiger charge is 2.70. The highest BCUT2D eigenvalue weighted by molar-refractivity contribution is 9.10. The molecular weight excluding hydrogens is 396 g/mol. The summed E-state index contributed by atoms with van der Waals surface area (Å²) in [5.41, 5.74) is -0.530. The van der Waals surface area contributed by atoms with Gasteiger partial charge in [0.25, 0.3) is 5.60 Å². The van der Waals surface area contributed by atoms with Crippen molar-refractivity contribution in [2.45, 2.75) is 18.6 Å². The molecule has 1 saturated heterocycles. The Morgan fingerprint density at radius 3 is 2.38 bits per heavy atom. The molecule has 0 bridgehead atoms. The molecule has 2 aromatic carbocycles. The van der Waals surface area contributed by atoms with Crippen molar-refractivity contribution in [3.8, 4) is 0 Å². The molecule has 0 N–H and O–H groups in total. The lowest BCUT2D eigenvalue weighted by atomic mass is 9.91. The van der Waals surface area contributed by atoms with Gasteiger partial charge in [-0.05, 0) is 36.8 Å². The van der Waals surface area contributed by atoms with Crippen molar-refractivity contribution in [3.63, 3.8) is 0 Å². The fourth-order valence-corrected chi connectivity index (χ4v) is 2.96. The fraction of sp³-hybridized carbons (Fsp3) is 0.222. The van der Waals surface area contributed by atoms with Gasteiger partial charge in [-0.2, -0.15) is 0 Å². The van der Waals surface area contributed by atoms with Crippen molar-refractivity contribution in [2.75, 3.05) is 6.61 Å². The van der Waals surface area contributed by atoms with Gasteiger partial charge in [0, 0.05) is 15.1 Å². The van der Waals surface area contributed by atoms with Crippen molar-refractivity contribution >= 4 is 39.3 Å². The maximum Gasteiger partial charge on any atom is 0.349 e. The molecule has 3 rings (SSSR count). The molecule has 0 aromatic heterocycles. The number of benzene rings is 2. The normalized spacial score (nSPS) is 22.0. The minimum absolute atomic E-state index is 0.172. The van der Waals surface area contributed by atoms with Crippen LogP contribution in [0.5, 0.6) is 0 Å². The fourth-order valence-electron chi connectivity index (χ4n) is 2.57. The molecule has 4 nitrogen and oxygen atoms in total. The van der Waals surface area contributed by atoms with Gasteiger partial charge in [0.15, 0.2) is 0 Å². The minimum atomic E-state index is -1.63. The summed E-state index contributed by atoms with van der Waals surface area (Å²) in [5, 5.41) is 0.570. The van der Waals surface area contributed by atoms with Gasteiger partial charge in [0.1, 0.15) is 6.10 Å². The maximum absolute atomic E-state index is 12.9. The van der Waals surface area contributed by atoms with E-state index in [4.69, 9.17) is 21.1 Å². The van der Waals surface area contributed by atoms with Crippen LogP contribution in [0.2, 0.25) is 5.02 Å². The quantitative estimate of drug-likeness (QED) is 0.319. The van der Waals surface area contributed by atoms with E-state index >= 15 is 0 Å². The molecule has 6 heteroatoms. The van der Waals surface area contributed by atoms with E-state index < -0.39 is 23.5 Å². The van der Waals surface area contributed by atoms with Crippen LogP contribution < -0.4 is 0 Å². The SMILES string of the molecule is CCOC(=O)C1(C(=O)c2ccc(Br)cc2)OC1c1ccc(Cl)cc1. The molecule has 124 valence electrons. The summed E-state index contributed by atoms with van der Waals surface area (Å²) in [4.78, 5) is 25.4. The minimum Gasteiger partial charge on any atom is -0.463 e. The smallest absolute Gasteiger partial charge is 0.349 e. The molecule has 0 saturated carbocycles. The van der Waals surface area contributed by atoms with Crippen LogP contribution in [0.25, 0.3) is 0 Å². The Labute approximate surface area is 152 Å². The number of rotatable bonds is 5. The van der Waals surface area contributed by atoms with E-state index in [2.05, 4.69) is 15.9 Å². The molecule has 1 aliphatic rings. The number of epoxide rings is 1. The predicted molar refractivity (Wildman–Crippen MR) is 93.1 cm³/mol. The number of carbonyl (C=O) groups excluding carboxylic acids is 2. The zero-order valence-corrected chi connectivity index (χ0v) is 15.1. The van der Waals surface area contributed by atoms with Crippen molar-refractivity contribution in [3.05, 3.63) is 69.2 Å². The van der Waals surface area contributed by atoms with Crippen molar-refractivity contribution in [1.29, 1.82) is 0 Å². The number of esters is 1. The van der Waals surface area contributed by atoms with Crippen LogP contribution in [0.3, 0.4) is 0 Å². The van der Waals surface area contributed by atoms with Crippen LogP contribution >= 0.6 is 27.5 Å². The van der Waals surface area contributed by atoms with Crippen LogP contribution in [-0.2, 0) is 14.3 Å². The molecule has 1 heterocycles. The standard InChI is InChI=1S/C18H14BrClO4/c1-2-23-17(22)18(15(21)11-3-7-13(19)8-4-11)16(24-18)12-5-9-14(20)10-6-12/h3-10,16H,2H2,1H3. The third kappa shape index (κ3) is 2.99. The highest BCUT2D eigenvalue weighted by atomic mass is 79.9. The predicted octanol–water partition coefficient (Wildman–Crippen LogP) is 4.36. The first-order valence-electron chi connectivity index (χ1n) is 7.40. The van der Waals surface area contributed by atoms with Crippen molar-refractivity contribution < 1.29 is 19.1 Å². The van der Waals surface area contributed by atoms with Gasteiger partial charge in [-0.3, -0.25) is 4.79 Å². The second-order valence-electron chi connectivity index (χ2n) is 5.34. The van der Waals surface area contributed by atoms with Crippen LogP contribution in [-0.4, -0.2) is 24.0 Å². The zero-order valence-electron chi connectivity index (χ0n) is 12.8. The first-order valence-corrected chi connectivity index (χ1v) is 8.57. The molecule has 0 spiro atoms. The molecule has 1 fully saturated rings. The average Bonchev–Trinajstić information content (AvgIpc) is 3.33. The van der Waals surface area contributed by atoms with Gasteiger partial charge in [0.2, 0.25) is 5.78 Å². The molecule has 0 radical (unpaired) electrons. The van der Waals surface area contributed by atoms with Crippen molar-refractivity contribution in [2.24, 2.45) is 0 Å². The molecule has 2 aromatic rings.